The minimum Gasteiger partial charge on any atom is -0.506 e. The van der Waals surface area contributed by atoms with Crippen molar-refractivity contribution in [1.29, 1.82) is 0 Å². The van der Waals surface area contributed by atoms with Crippen molar-refractivity contribution in [3.63, 3.8) is 0 Å². The van der Waals surface area contributed by atoms with E-state index < -0.39 is 6.10 Å². The van der Waals surface area contributed by atoms with Crippen LogP contribution in [-0.2, 0) is 11.2 Å². The first-order valence-electron chi connectivity index (χ1n) is 11.0. The molecule has 3 rings (SSSR count). The number of aliphatic hydroxyl groups is 1. The van der Waals surface area contributed by atoms with Crippen LogP contribution in [0.5, 0.6) is 5.75 Å². The van der Waals surface area contributed by atoms with Gasteiger partial charge in [-0.2, -0.15) is 0 Å². The molecule has 6 nitrogen and oxygen atoms in total. The molecule has 1 heterocycles. The lowest BCUT2D eigenvalue weighted by atomic mass is 10.0. The number of benzene rings is 2. The monoisotopic (exact) mass is 424 g/mol. The predicted octanol–water partition coefficient (Wildman–Crippen LogP) is 3.68. The Balaban J connectivity index is 1.26. The number of aliphatic hydroxyl groups excluding tert-OH is 1. The molecule has 0 aliphatic heterocycles. The zero-order valence-electron chi connectivity index (χ0n) is 17.8. The maximum Gasteiger partial charge on any atom is 0.248 e. The van der Waals surface area contributed by atoms with Gasteiger partial charge >= 0.3 is 0 Å². The van der Waals surface area contributed by atoms with Crippen molar-refractivity contribution in [3.8, 4) is 5.75 Å². The molecule has 1 aromatic heterocycles. The maximum atomic E-state index is 11.5. The molecule has 2 aromatic carbocycles. The average Bonchev–Trinajstić information content (AvgIpc) is 2.78. The van der Waals surface area contributed by atoms with Gasteiger partial charge in [0.05, 0.1) is 18.2 Å². The van der Waals surface area contributed by atoms with Crippen LogP contribution in [-0.4, -0.2) is 41.5 Å². The van der Waals surface area contributed by atoms with Gasteiger partial charge in [-0.25, -0.2) is 0 Å². The number of hydrogen-bond donors (Lipinski definition) is 4. The third-order valence-corrected chi connectivity index (χ3v) is 5.37. The molecule has 0 bridgehead atoms. The van der Waals surface area contributed by atoms with Crippen molar-refractivity contribution in [2.24, 2.45) is 0 Å². The van der Waals surface area contributed by atoms with Gasteiger partial charge in [0.25, 0.3) is 0 Å². The van der Waals surface area contributed by atoms with Crippen LogP contribution in [0.2, 0.25) is 0 Å². The highest BCUT2D eigenvalue weighted by Crippen LogP contribution is 2.28. The molecule has 1 unspecified atom stereocenters. The van der Waals surface area contributed by atoms with Gasteiger partial charge < -0.3 is 25.3 Å². The standard InChI is InChI=1S/C25H32N2O4/c28-22-12-10-20(21-11-13-24(30)27-25(21)22)23(29)18-26-15-6-1-2-7-16-31-17-14-19-8-4-3-5-9-19/h3-5,8-13,23,26,28-29H,1-2,6-7,14-18H2,(H,27,30). The summed E-state index contributed by atoms with van der Waals surface area (Å²) >= 11 is 0. The van der Waals surface area contributed by atoms with Gasteiger partial charge in [0.15, 0.2) is 0 Å². The first-order chi connectivity index (χ1) is 15.1. The Morgan fingerprint density at radius 3 is 2.58 bits per heavy atom. The fourth-order valence-corrected chi connectivity index (χ4v) is 3.64. The lowest BCUT2D eigenvalue weighted by molar-refractivity contribution is 0.133. The molecular formula is C25H32N2O4. The fraction of sp³-hybridized carbons (Fsp3) is 0.400. The fourth-order valence-electron chi connectivity index (χ4n) is 3.64. The van der Waals surface area contributed by atoms with Gasteiger partial charge in [0.2, 0.25) is 5.56 Å². The van der Waals surface area contributed by atoms with Gasteiger partial charge in [0, 0.05) is 24.6 Å². The number of aromatic hydroxyl groups is 1. The van der Waals surface area contributed by atoms with E-state index in [0.29, 0.717) is 23.0 Å². The number of rotatable bonds is 13. The number of aromatic amines is 1. The van der Waals surface area contributed by atoms with E-state index in [-0.39, 0.29) is 11.3 Å². The number of hydrogen-bond acceptors (Lipinski definition) is 5. The number of pyridine rings is 1. The molecular weight excluding hydrogens is 392 g/mol. The van der Waals surface area contributed by atoms with Crippen molar-refractivity contribution in [2.75, 3.05) is 26.3 Å². The summed E-state index contributed by atoms with van der Waals surface area (Å²) in [4.78, 5) is 14.1. The number of aromatic nitrogens is 1. The first-order valence-corrected chi connectivity index (χ1v) is 11.0. The van der Waals surface area contributed by atoms with Crippen molar-refractivity contribution in [1.82, 2.24) is 10.3 Å². The van der Waals surface area contributed by atoms with E-state index in [1.54, 1.807) is 12.1 Å². The summed E-state index contributed by atoms with van der Waals surface area (Å²) in [6, 6.07) is 16.6. The Hall–Kier alpha value is -2.67. The van der Waals surface area contributed by atoms with Crippen molar-refractivity contribution < 1.29 is 14.9 Å². The number of phenols is 1. The Bertz CT molecular complexity index is 988. The quantitative estimate of drug-likeness (QED) is 0.314. The van der Waals surface area contributed by atoms with Gasteiger partial charge in [-0.05, 0) is 49.1 Å². The molecule has 0 saturated carbocycles. The van der Waals surface area contributed by atoms with Crippen LogP contribution >= 0.6 is 0 Å². The molecule has 0 aliphatic rings. The number of fused-ring (bicyclic) bond motifs is 1. The van der Waals surface area contributed by atoms with E-state index in [0.717, 1.165) is 51.9 Å². The number of unbranched alkanes of at least 4 members (excludes halogenated alkanes) is 3. The number of nitrogens with one attached hydrogen (secondary N) is 2. The minimum absolute atomic E-state index is 0.000606. The van der Waals surface area contributed by atoms with Crippen molar-refractivity contribution >= 4 is 10.9 Å². The summed E-state index contributed by atoms with van der Waals surface area (Å²) in [6.45, 7) is 2.82. The second-order valence-corrected chi connectivity index (χ2v) is 7.77. The van der Waals surface area contributed by atoms with Crippen LogP contribution < -0.4 is 10.9 Å². The van der Waals surface area contributed by atoms with Crippen LogP contribution in [0.25, 0.3) is 10.9 Å². The Kier molecular flexibility index (Phi) is 9.09. The summed E-state index contributed by atoms with van der Waals surface area (Å²) in [7, 11) is 0. The molecule has 0 fully saturated rings. The van der Waals surface area contributed by atoms with Gasteiger partial charge in [-0.1, -0.05) is 49.2 Å². The van der Waals surface area contributed by atoms with Crippen LogP contribution in [0, 0.1) is 0 Å². The zero-order valence-corrected chi connectivity index (χ0v) is 17.8. The Morgan fingerprint density at radius 1 is 0.935 bits per heavy atom. The van der Waals surface area contributed by atoms with E-state index in [1.165, 1.54) is 17.7 Å². The molecule has 4 N–H and O–H groups in total. The van der Waals surface area contributed by atoms with Crippen molar-refractivity contribution in [3.05, 3.63) is 76.1 Å². The highest BCUT2D eigenvalue weighted by atomic mass is 16.5. The second kappa shape index (κ2) is 12.2. The third-order valence-electron chi connectivity index (χ3n) is 5.37. The molecule has 3 aromatic rings. The molecule has 0 aliphatic carbocycles. The summed E-state index contributed by atoms with van der Waals surface area (Å²) in [5.74, 6) is 0.000606. The zero-order chi connectivity index (χ0) is 21.9. The average molecular weight is 425 g/mol. The largest absolute Gasteiger partial charge is 0.506 e. The minimum atomic E-state index is -0.716. The Labute approximate surface area is 182 Å². The van der Waals surface area contributed by atoms with Crippen LogP contribution in [0.1, 0.15) is 42.9 Å². The molecule has 0 spiro atoms. The first kappa shape index (κ1) is 23.0. The Morgan fingerprint density at radius 2 is 1.74 bits per heavy atom. The topological polar surface area (TPSA) is 94.6 Å². The van der Waals surface area contributed by atoms with E-state index in [2.05, 4.69) is 34.6 Å². The van der Waals surface area contributed by atoms with Crippen molar-refractivity contribution in [2.45, 2.75) is 38.2 Å². The summed E-state index contributed by atoms with van der Waals surface area (Å²) in [5.41, 5.74) is 2.07. The maximum absolute atomic E-state index is 11.5. The smallest absolute Gasteiger partial charge is 0.248 e. The van der Waals surface area contributed by atoms with Gasteiger partial charge in [-0.3, -0.25) is 4.79 Å². The normalized spacial score (nSPS) is 12.3. The highest BCUT2D eigenvalue weighted by Gasteiger charge is 2.13. The lowest BCUT2D eigenvalue weighted by Crippen LogP contribution is -2.22. The number of H-pyrrole nitrogens is 1. The van der Waals surface area contributed by atoms with Crippen LogP contribution in [0.3, 0.4) is 0 Å². The summed E-state index contributed by atoms with van der Waals surface area (Å²) in [6.07, 6.45) is 4.60. The SMILES string of the molecule is O=c1ccc2c(C(O)CNCCCCCCOCCc3ccccc3)ccc(O)c2[nH]1. The van der Waals surface area contributed by atoms with E-state index >= 15 is 0 Å². The van der Waals surface area contributed by atoms with E-state index in [4.69, 9.17) is 4.74 Å². The third kappa shape index (κ3) is 7.21. The second-order valence-electron chi connectivity index (χ2n) is 7.77. The van der Waals surface area contributed by atoms with Gasteiger partial charge in [-0.15, -0.1) is 0 Å². The molecule has 31 heavy (non-hydrogen) atoms. The molecule has 0 amide bonds. The number of phenolic OH excluding ortho intramolecular Hbond substituents is 1. The van der Waals surface area contributed by atoms with Crippen LogP contribution in [0.15, 0.2) is 59.4 Å². The summed E-state index contributed by atoms with van der Waals surface area (Å²) in [5, 5.41) is 24.4. The lowest BCUT2D eigenvalue weighted by Gasteiger charge is -2.15. The molecule has 1 atom stereocenters. The van der Waals surface area contributed by atoms with E-state index in [1.807, 2.05) is 6.07 Å². The molecule has 6 heteroatoms. The highest BCUT2D eigenvalue weighted by molar-refractivity contribution is 5.87. The van der Waals surface area contributed by atoms with Crippen LogP contribution in [0.4, 0.5) is 0 Å². The number of ether oxygens (including phenoxy) is 1. The summed E-state index contributed by atoms with van der Waals surface area (Å²) < 4.78 is 5.71. The molecule has 0 saturated heterocycles. The van der Waals surface area contributed by atoms with Gasteiger partial charge in [0.1, 0.15) is 5.75 Å². The van der Waals surface area contributed by atoms with E-state index in [9.17, 15) is 15.0 Å². The molecule has 166 valence electrons. The predicted molar refractivity (Wildman–Crippen MR) is 123 cm³/mol. The molecule has 0 radical (unpaired) electrons.